The Labute approximate surface area is 238 Å². The van der Waals surface area contributed by atoms with Crippen molar-refractivity contribution in [3.05, 3.63) is 94.8 Å². The molecule has 0 atom stereocenters. The number of methoxy groups -OCH3 is 1. The quantitative estimate of drug-likeness (QED) is 0.288. The second-order valence-corrected chi connectivity index (χ2v) is 10.6. The SMILES string of the molecule is CCc1cccc(C)c1-n1c(CNC(=O)c2ccc(OC)cc2)nnc1SCC(=O)N1CCCc2ccccc21. The number of benzene rings is 3. The van der Waals surface area contributed by atoms with Gasteiger partial charge in [0.1, 0.15) is 5.75 Å². The highest BCUT2D eigenvalue weighted by molar-refractivity contribution is 7.99. The van der Waals surface area contributed by atoms with Crippen LogP contribution >= 0.6 is 11.8 Å². The van der Waals surface area contributed by atoms with E-state index in [0.717, 1.165) is 41.8 Å². The molecule has 8 nitrogen and oxygen atoms in total. The number of hydrogen-bond donors (Lipinski definition) is 1. The lowest BCUT2D eigenvalue weighted by Gasteiger charge is -2.29. The molecular weight excluding hydrogens is 522 g/mol. The molecule has 0 radical (unpaired) electrons. The summed E-state index contributed by atoms with van der Waals surface area (Å²) in [7, 11) is 1.59. The number of fused-ring (bicyclic) bond motifs is 1. The van der Waals surface area contributed by atoms with Crippen LogP contribution in [0.15, 0.2) is 71.9 Å². The van der Waals surface area contributed by atoms with Crippen molar-refractivity contribution >= 4 is 29.3 Å². The molecule has 0 saturated heterocycles. The monoisotopic (exact) mass is 555 g/mol. The number of amides is 2. The van der Waals surface area contributed by atoms with Crippen molar-refractivity contribution < 1.29 is 14.3 Å². The topological polar surface area (TPSA) is 89.4 Å². The Morgan fingerprint density at radius 3 is 2.60 bits per heavy atom. The number of para-hydroxylation sites is 2. The zero-order valence-corrected chi connectivity index (χ0v) is 23.8. The van der Waals surface area contributed by atoms with Gasteiger partial charge in [0.15, 0.2) is 11.0 Å². The molecule has 3 aromatic carbocycles. The second kappa shape index (κ2) is 12.4. The summed E-state index contributed by atoms with van der Waals surface area (Å²) in [4.78, 5) is 28.1. The molecule has 0 saturated carbocycles. The van der Waals surface area contributed by atoms with Gasteiger partial charge in [-0.1, -0.05) is 55.1 Å². The van der Waals surface area contributed by atoms with Crippen LogP contribution in [0.4, 0.5) is 5.69 Å². The molecule has 4 aromatic rings. The van der Waals surface area contributed by atoms with E-state index in [9.17, 15) is 9.59 Å². The number of carbonyl (C=O) groups excluding carboxylic acids is 2. The highest BCUT2D eigenvalue weighted by Crippen LogP contribution is 2.30. The van der Waals surface area contributed by atoms with E-state index in [2.05, 4.69) is 47.6 Å². The first-order chi connectivity index (χ1) is 19.5. The molecule has 1 aliphatic rings. The summed E-state index contributed by atoms with van der Waals surface area (Å²) in [5.41, 5.74) is 5.93. The van der Waals surface area contributed by atoms with Crippen molar-refractivity contribution in [2.75, 3.05) is 24.3 Å². The Morgan fingerprint density at radius 1 is 1.02 bits per heavy atom. The number of hydrogen-bond acceptors (Lipinski definition) is 6. The van der Waals surface area contributed by atoms with E-state index < -0.39 is 0 Å². The summed E-state index contributed by atoms with van der Waals surface area (Å²) < 4.78 is 7.18. The van der Waals surface area contributed by atoms with Gasteiger partial charge in [-0.15, -0.1) is 10.2 Å². The third-order valence-electron chi connectivity index (χ3n) is 7.12. The van der Waals surface area contributed by atoms with Crippen LogP contribution in [-0.4, -0.2) is 46.0 Å². The Kier molecular flexibility index (Phi) is 8.50. The summed E-state index contributed by atoms with van der Waals surface area (Å²) in [5.74, 6) is 1.35. The van der Waals surface area contributed by atoms with Crippen molar-refractivity contribution in [3.8, 4) is 11.4 Å². The van der Waals surface area contributed by atoms with Gasteiger partial charge in [0.25, 0.3) is 5.91 Å². The zero-order valence-electron chi connectivity index (χ0n) is 23.0. The molecule has 5 rings (SSSR count). The first-order valence-corrected chi connectivity index (χ1v) is 14.4. The summed E-state index contributed by atoms with van der Waals surface area (Å²) in [6.45, 7) is 5.06. The number of carbonyl (C=O) groups is 2. The maximum atomic E-state index is 13.4. The lowest BCUT2D eigenvalue weighted by Crippen LogP contribution is -2.36. The number of aryl methyl sites for hydroxylation is 3. The van der Waals surface area contributed by atoms with Crippen LogP contribution < -0.4 is 15.0 Å². The number of thioether (sulfide) groups is 1. The normalized spacial score (nSPS) is 12.6. The Morgan fingerprint density at radius 2 is 1.82 bits per heavy atom. The molecule has 2 amide bonds. The predicted octanol–water partition coefficient (Wildman–Crippen LogP) is 5.15. The lowest BCUT2D eigenvalue weighted by molar-refractivity contribution is -0.116. The molecule has 206 valence electrons. The van der Waals surface area contributed by atoms with Crippen molar-refractivity contribution in [1.82, 2.24) is 20.1 Å². The van der Waals surface area contributed by atoms with Crippen LogP contribution in [0.25, 0.3) is 5.69 Å². The van der Waals surface area contributed by atoms with Crippen LogP contribution in [0.1, 0.15) is 46.2 Å². The summed E-state index contributed by atoms with van der Waals surface area (Å²) in [6.07, 6.45) is 2.76. The molecule has 2 heterocycles. The van der Waals surface area contributed by atoms with Crippen LogP contribution in [-0.2, 0) is 24.2 Å². The number of nitrogens with zero attached hydrogens (tertiary/aromatic N) is 4. The molecule has 0 spiro atoms. The minimum absolute atomic E-state index is 0.0431. The van der Waals surface area contributed by atoms with Crippen molar-refractivity contribution in [2.45, 2.75) is 44.8 Å². The van der Waals surface area contributed by atoms with Crippen LogP contribution in [0.3, 0.4) is 0 Å². The molecule has 0 bridgehead atoms. The van der Waals surface area contributed by atoms with E-state index in [0.29, 0.717) is 28.8 Å². The predicted molar refractivity (Wildman–Crippen MR) is 157 cm³/mol. The number of rotatable bonds is 9. The Hall–Kier alpha value is -4.11. The van der Waals surface area contributed by atoms with Gasteiger partial charge in [-0.25, -0.2) is 0 Å². The van der Waals surface area contributed by atoms with Gasteiger partial charge >= 0.3 is 0 Å². The van der Waals surface area contributed by atoms with Crippen molar-refractivity contribution in [2.24, 2.45) is 0 Å². The molecule has 1 N–H and O–H groups in total. The van der Waals surface area contributed by atoms with E-state index in [-0.39, 0.29) is 24.1 Å². The highest BCUT2D eigenvalue weighted by atomic mass is 32.2. The zero-order chi connectivity index (χ0) is 28.1. The average Bonchev–Trinajstić information content (AvgIpc) is 3.40. The van der Waals surface area contributed by atoms with Gasteiger partial charge in [0.2, 0.25) is 5.91 Å². The van der Waals surface area contributed by atoms with Crippen molar-refractivity contribution in [3.63, 3.8) is 0 Å². The van der Waals surface area contributed by atoms with E-state index >= 15 is 0 Å². The fourth-order valence-electron chi connectivity index (χ4n) is 5.06. The summed E-state index contributed by atoms with van der Waals surface area (Å²) in [5, 5.41) is 12.5. The standard InChI is InChI=1S/C31H33N5O3S/c1-4-22-11-7-9-21(2)29(22)36-27(19-32-30(38)24-14-16-25(39-3)17-15-24)33-34-31(36)40-20-28(37)35-18-8-12-23-10-5-6-13-26(23)35/h5-7,9-11,13-17H,4,8,12,18-20H2,1-3H3,(H,32,38). The van der Waals surface area contributed by atoms with E-state index in [4.69, 9.17) is 4.74 Å². The molecule has 40 heavy (non-hydrogen) atoms. The maximum Gasteiger partial charge on any atom is 0.251 e. The molecule has 0 unspecified atom stereocenters. The first-order valence-electron chi connectivity index (χ1n) is 13.5. The van der Waals surface area contributed by atoms with Crippen molar-refractivity contribution in [1.29, 1.82) is 0 Å². The van der Waals surface area contributed by atoms with Gasteiger partial charge in [0, 0.05) is 17.8 Å². The molecule has 0 fully saturated rings. The maximum absolute atomic E-state index is 13.4. The minimum Gasteiger partial charge on any atom is -0.497 e. The summed E-state index contributed by atoms with van der Waals surface area (Å²) in [6, 6.07) is 21.2. The van der Waals surface area contributed by atoms with E-state index in [1.807, 2.05) is 33.7 Å². The van der Waals surface area contributed by atoms with E-state index in [1.54, 1.807) is 31.4 Å². The van der Waals surface area contributed by atoms with Crippen LogP contribution in [0.5, 0.6) is 5.75 Å². The fraction of sp³-hybridized carbons (Fsp3) is 0.290. The third-order valence-corrected chi connectivity index (χ3v) is 8.04. The van der Waals surface area contributed by atoms with Gasteiger partial charge in [-0.05, 0) is 73.2 Å². The number of anilines is 1. The number of nitrogens with one attached hydrogen (secondary N) is 1. The molecular formula is C31H33N5O3S. The fourth-order valence-corrected chi connectivity index (χ4v) is 5.89. The smallest absolute Gasteiger partial charge is 0.251 e. The summed E-state index contributed by atoms with van der Waals surface area (Å²) >= 11 is 1.37. The van der Waals surface area contributed by atoms with Gasteiger partial charge in [-0.3, -0.25) is 14.2 Å². The van der Waals surface area contributed by atoms with Crippen LogP contribution in [0.2, 0.25) is 0 Å². The van der Waals surface area contributed by atoms with Gasteiger partial charge < -0.3 is 15.0 Å². The lowest BCUT2D eigenvalue weighted by atomic mass is 10.0. The third kappa shape index (κ3) is 5.74. The second-order valence-electron chi connectivity index (χ2n) is 9.65. The van der Waals surface area contributed by atoms with Gasteiger partial charge in [0.05, 0.1) is 25.1 Å². The molecule has 0 aliphatic carbocycles. The van der Waals surface area contributed by atoms with Crippen LogP contribution in [0, 0.1) is 6.92 Å². The number of ether oxygens (including phenoxy) is 1. The molecule has 1 aromatic heterocycles. The molecule has 1 aliphatic heterocycles. The Balaban J connectivity index is 1.40. The number of aromatic nitrogens is 3. The Bertz CT molecular complexity index is 1520. The average molecular weight is 556 g/mol. The minimum atomic E-state index is -0.217. The first kappa shape index (κ1) is 27.5. The largest absolute Gasteiger partial charge is 0.497 e. The van der Waals surface area contributed by atoms with E-state index in [1.165, 1.54) is 17.3 Å². The van der Waals surface area contributed by atoms with Gasteiger partial charge in [-0.2, -0.15) is 0 Å². The highest BCUT2D eigenvalue weighted by Gasteiger charge is 2.24. The molecule has 9 heteroatoms.